The number of hydrogen-bond acceptors (Lipinski definition) is 3. The molecule has 0 bridgehead atoms. The maximum atomic E-state index is 12.0. The highest BCUT2D eigenvalue weighted by molar-refractivity contribution is 7.15. The molecule has 3 nitrogen and oxygen atoms in total. The molecule has 2 rings (SSSR count). The van der Waals surface area contributed by atoms with E-state index in [1.807, 2.05) is 0 Å². The third-order valence-electron chi connectivity index (χ3n) is 3.53. The number of Topliss-reactive ketones (excluding diaryl/α,β-unsaturated/α-hetero) is 1. The number of thiophene rings is 1. The van der Waals surface area contributed by atoms with E-state index in [0.29, 0.717) is 15.8 Å². The number of rotatable bonds is 3. The van der Waals surface area contributed by atoms with Crippen molar-refractivity contribution in [3.8, 4) is 0 Å². The number of hydrogen-bond donors (Lipinski definition) is 1. The van der Waals surface area contributed by atoms with Crippen LogP contribution in [0.2, 0.25) is 0 Å². The quantitative estimate of drug-likeness (QED) is 0.853. The van der Waals surface area contributed by atoms with Crippen LogP contribution in [0.25, 0.3) is 0 Å². The van der Waals surface area contributed by atoms with E-state index in [4.69, 9.17) is 0 Å². The summed E-state index contributed by atoms with van der Waals surface area (Å²) in [7, 11) is 0. The van der Waals surface area contributed by atoms with Gasteiger partial charge < -0.3 is 5.32 Å². The van der Waals surface area contributed by atoms with Gasteiger partial charge in [0.25, 0.3) is 5.91 Å². The first-order valence-corrected chi connectivity index (χ1v) is 7.29. The molecule has 0 atom stereocenters. The highest BCUT2D eigenvalue weighted by Crippen LogP contribution is 2.24. The molecular formula is C14H19NO2S. The van der Waals surface area contributed by atoms with Crippen molar-refractivity contribution >= 4 is 23.0 Å². The lowest BCUT2D eigenvalue weighted by atomic mass is 9.87. The van der Waals surface area contributed by atoms with Gasteiger partial charge in [-0.3, -0.25) is 9.59 Å². The van der Waals surface area contributed by atoms with Crippen molar-refractivity contribution in [2.75, 3.05) is 0 Å². The van der Waals surface area contributed by atoms with Crippen LogP contribution < -0.4 is 5.32 Å². The summed E-state index contributed by atoms with van der Waals surface area (Å²) >= 11 is 1.28. The minimum absolute atomic E-state index is 0.0190. The van der Waals surface area contributed by atoms with Gasteiger partial charge in [0.1, 0.15) is 0 Å². The molecule has 1 amide bonds. The molecule has 1 aliphatic carbocycles. The van der Waals surface area contributed by atoms with Crippen LogP contribution in [-0.4, -0.2) is 17.7 Å². The van der Waals surface area contributed by atoms with Gasteiger partial charge >= 0.3 is 0 Å². The Morgan fingerprint density at radius 2 is 1.78 bits per heavy atom. The van der Waals surface area contributed by atoms with Gasteiger partial charge in [-0.05, 0) is 50.7 Å². The summed E-state index contributed by atoms with van der Waals surface area (Å²) in [4.78, 5) is 24.5. The van der Waals surface area contributed by atoms with Gasteiger partial charge in [0, 0.05) is 6.04 Å². The summed E-state index contributed by atoms with van der Waals surface area (Å²) in [5.74, 6) is 0.766. The molecular weight excluding hydrogens is 246 g/mol. The van der Waals surface area contributed by atoms with Crippen LogP contribution in [0.4, 0.5) is 0 Å². The molecule has 1 aliphatic rings. The van der Waals surface area contributed by atoms with E-state index in [9.17, 15) is 9.59 Å². The van der Waals surface area contributed by atoms with Crippen LogP contribution in [0.3, 0.4) is 0 Å². The molecule has 0 spiro atoms. The number of nitrogens with one attached hydrogen (secondary N) is 1. The van der Waals surface area contributed by atoms with Crippen LogP contribution >= 0.6 is 11.3 Å². The van der Waals surface area contributed by atoms with Crippen molar-refractivity contribution in [2.45, 2.75) is 45.6 Å². The lowest BCUT2D eigenvalue weighted by Gasteiger charge is -2.26. The first kappa shape index (κ1) is 13.3. The van der Waals surface area contributed by atoms with Crippen LogP contribution in [-0.2, 0) is 0 Å². The molecule has 4 heteroatoms. The van der Waals surface area contributed by atoms with Gasteiger partial charge in [0.15, 0.2) is 5.78 Å². The SMILES string of the molecule is CC(=O)c1ccc(C(=O)NC2CCC(C)CC2)s1. The Labute approximate surface area is 112 Å². The summed E-state index contributed by atoms with van der Waals surface area (Å²) in [6, 6.07) is 3.77. The fourth-order valence-corrected chi connectivity index (χ4v) is 3.11. The molecule has 18 heavy (non-hydrogen) atoms. The molecule has 0 saturated heterocycles. The predicted octanol–water partition coefficient (Wildman–Crippen LogP) is 3.26. The minimum Gasteiger partial charge on any atom is -0.349 e. The molecule has 1 N–H and O–H groups in total. The first-order chi connectivity index (χ1) is 8.56. The summed E-state index contributed by atoms with van der Waals surface area (Å²) in [5.41, 5.74) is 0. The number of carbonyl (C=O) groups is 2. The van der Waals surface area contributed by atoms with Crippen LogP contribution in [0.15, 0.2) is 12.1 Å². The van der Waals surface area contributed by atoms with Gasteiger partial charge in [-0.25, -0.2) is 0 Å². The zero-order valence-corrected chi connectivity index (χ0v) is 11.7. The van der Waals surface area contributed by atoms with Crippen molar-refractivity contribution in [3.63, 3.8) is 0 Å². The Morgan fingerprint density at radius 3 is 2.33 bits per heavy atom. The largest absolute Gasteiger partial charge is 0.349 e. The fourth-order valence-electron chi connectivity index (χ4n) is 2.31. The fraction of sp³-hybridized carbons (Fsp3) is 0.571. The van der Waals surface area contributed by atoms with E-state index in [1.54, 1.807) is 12.1 Å². The molecule has 1 fully saturated rings. The van der Waals surface area contributed by atoms with E-state index in [1.165, 1.54) is 31.1 Å². The molecule has 1 aromatic rings. The predicted molar refractivity (Wildman–Crippen MR) is 73.2 cm³/mol. The Balaban J connectivity index is 1.93. The number of carbonyl (C=O) groups excluding carboxylic acids is 2. The smallest absolute Gasteiger partial charge is 0.261 e. The van der Waals surface area contributed by atoms with Gasteiger partial charge in [-0.15, -0.1) is 11.3 Å². The highest BCUT2D eigenvalue weighted by Gasteiger charge is 2.21. The van der Waals surface area contributed by atoms with Crippen molar-refractivity contribution < 1.29 is 9.59 Å². The van der Waals surface area contributed by atoms with E-state index in [2.05, 4.69) is 12.2 Å². The van der Waals surface area contributed by atoms with Crippen LogP contribution in [0.5, 0.6) is 0 Å². The first-order valence-electron chi connectivity index (χ1n) is 6.48. The normalized spacial score (nSPS) is 23.7. The maximum absolute atomic E-state index is 12.0. The van der Waals surface area contributed by atoms with Crippen LogP contribution in [0.1, 0.15) is 58.9 Å². The third kappa shape index (κ3) is 3.19. The average Bonchev–Trinajstić information content (AvgIpc) is 2.81. The van der Waals surface area contributed by atoms with Gasteiger partial charge in [0.2, 0.25) is 0 Å². The van der Waals surface area contributed by atoms with Gasteiger partial charge in [-0.2, -0.15) is 0 Å². The lowest BCUT2D eigenvalue weighted by Crippen LogP contribution is -2.36. The summed E-state index contributed by atoms with van der Waals surface area (Å²) < 4.78 is 0. The summed E-state index contributed by atoms with van der Waals surface area (Å²) in [6.45, 7) is 3.78. The van der Waals surface area contributed by atoms with Gasteiger partial charge in [-0.1, -0.05) is 6.92 Å². The molecule has 0 aromatic carbocycles. The molecule has 0 radical (unpaired) electrons. The van der Waals surface area contributed by atoms with Crippen molar-refractivity contribution in [3.05, 3.63) is 21.9 Å². The second-order valence-corrected chi connectivity index (χ2v) is 6.23. The second-order valence-electron chi connectivity index (χ2n) is 5.15. The minimum atomic E-state index is -0.0351. The number of amides is 1. The zero-order valence-electron chi connectivity index (χ0n) is 10.9. The molecule has 0 aliphatic heterocycles. The highest BCUT2D eigenvalue weighted by atomic mass is 32.1. The molecule has 0 unspecified atom stereocenters. The van der Waals surface area contributed by atoms with Crippen molar-refractivity contribution in [1.82, 2.24) is 5.32 Å². The Morgan fingerprint density at radius 1 is 1.17 bits per heavy atom. The standard InChI is InChI=1S/C14H19NO2S/c1-9-3-5-11(6-4-9)15-14(17)13-8-7-12(18-13)10(2)16/h7-9,11H,3-6H2,1-2H3,(H,15,17). The molecule has 1 saturated carbocycles. The zero-order chi connectivity index (χ0) is 13.1. The Hall–Kier alpha value is -1.16. The van der Waals surface area contributed by atoms with Gasteiger partial charge in [0.05, 0.1) is 9.75 Å². The second kappa shape index (κ2) is 5.65. The van der Waals surface area contributed by atoms with E-state index in [0.717, 1.165) is 18.8 Å². The molecule has 1 aromatic heterocycles. The Kier molecular flexibility index (Phi) is 4.17. The van der Waals surface area contributed by atoms with E-state index < -0.39 is 0 Å². The summed E-state index contributed by atoms with van der Waals surface area (Å²) in [5, 5.41) is 3.07. The number of ketones is 1. The van der Waals surface area contributed by atoms with Crippen molar-refractivity contribution in [1.29, 1.82) is 0 Å². The average molecular weight is 265 g/mol. The van der Waals surface area contributed by atoms with Crippen LogP contribution in [0, 0.1) is 5.92 Å². The maximum Gasteiger partial charge on any atom is 0.261 e. The summed E-state index contributed by atoms with van der Waals surface area (Å²) in [6.07, 6.45) is 4.51. The van der Waals surface area contributed by atoms with Crippen molar-refractivity contribution in [2.24, 2.45) is 5.92 Å². The molecule has 1 heterocycles. The Bertz CT molecular complexity index is 444. The third-order valence-corrected chi connectivity index (χ3v) is 4.71. The van der Waals surface area contributed by atoms with E-state index >= 15 is 0 Å². The topological polar surface area (TPSA) is 46.2 Å². The molecule has 98 valence electrons. The lowest BCUT2D eigenvalue weighted by molar-refractivity contribution is 0.0926. The van der Waals surface area contributed by atoms with E-state index in [-0.39, 0.29) is 11.7 Å². The monoisotopic (exact) mass is 265 g/mol.